The topological polar surface area (TPSA) is 84.2 Å². The van der Waals surface area contributed by atoms with Crippen molar-refractivity contribution in [3.8, 4) is 0 Å². The molecule has 0 aliphatic carbocycles. The van der Waals surface area contributed by atoms with Crippen LogP contribution in [0, 0.1) is 10.1 Å². The molecular weight excluding hydrogens is 378 g/mol. The Hall–Kier alpha value is -3.48. The molecule has 7 heteroatoms. The number of nitrogens with one attached hydrogen (secondary N) is 1. The van der Waals surface area contributed by atoms with Crippen molar-refractivity contribution in [1.82, 2.24) is 9.97 Å². The van der Waals surface area contributed by atoms with E-state index in [0.29, 0.717) is 5.82 Å². The first-order valence-corrected chi connectivity index (χ1v) is 10.3. The van der Waals surface area contributed by atoms with Crippen LogP contribution in [0.1, 0.15) is 42.9 Å². The Morgan fingerprint density at radius 1 is 0.867 bits per heavy atom. The standard InChI is InChI=1S/C23H25N5O2/c29-28(30)21-22(24-17-25-23(21)27-15-9-1-2-10-16-27)26-20(18-11-5-3-6-12-18)19-13-7-4-8-14-19/h3-8,11-14,17,20H,1-2,9-10,15-16H2,(H,24,25,26). The van der Waals surface area contributed by atoms with E-state index in [1.54, 1.807) is 0 Å². The minimum Gasteiger partial charge on any atom is -0.353 e. The third-order valence-corrected chi connectivity index (χ3v) is 5.44. The van der Waals surface area contributed by atoms with Gasteiger partial charge in [0.05, 0.1) is 11.0 Å². The normalized spacial score (nSPS) is 14.4. The third kappa shape index (κ3) is 4.40. The molecule has 2 aromatic carbocycles. The quantitative estimate of drug-likeness (QED) is 0.462. The predicted molar refractivity (Wildman–Crippen MR) is 118 cm³/mol. The van der Waals surface area contributed by atoms with Crippen LogP contribution in [0.15, 0.2) is 67.0 Å². The van der Waals surface area contributed by atoms with Crippen LogP contribution in [0.4, 0.5) is 17.3 Å². The zero-order valence-electron chi connectivity index (χ0n) is 16.8. The number of rotatable bonds is 6. The Balaban J connectivity index is 1.75. The highest BCUT2D eigenvalue weighted by Crippen LogP contribution is 2.36. The van der Waals surface area contributed by atoms with Crippen LogP contribution in [0.3, 0.4) is 0 Å². The van der Waals surface area contributed by atoms with E-state index in [-0.39, 0.29) is 22.5 Å². The van der Waals surface area contributed by atoms with Gasteiger partial charge in [0.1, 0.15) is 6.33 Å². The molecule has 1 aliphatic heterocycles. The van der Waals surface area contributed by atoms with Crippen molar-refractivity contribution in [2.24, 2.45) is 0 Å². The molecule has 154 valence electrons. The van der Waals surface area contributed by atoms with Crippen LogP contribution >= 0.6 is 0 Å². The van der Waals surface area contributed by atoms with Crippen molar-refractivity contribution < 1.29 is 4.92 Å². The highest BCUT2D eigenvalue weighted by molar-refractivity contribution is 5.71. The summed E-state index contributed by atoms with van der Waals surface area (Å²) in [5.41, 5.74) is 1.96. The SMILES string of the molecule is O=[N+]([O-])c1c(NC(c2ccccc2)c2ccccc2)ncnc1N1CCCCCC1. The minimum absolute atomic E-state index is 0.0590. The Bertz CT molecular complexity index is 934. The molecule has 1 N–H and O–H groups in total. The van der Waals surface area contributed by atoms with E-state index in [4.69, 9.17) is 0 Å². The highest BCUT2D eigenvalue weighted by Gasteiger charge is 2.29. The minimum atomic E-state index is -0.365. The van der Waals surface area contributed by atoms with Gasteiger partial charge in [-0.05, 0) is 24.0 Å². The van der Waals surface area contributed by atoms with Crippen LogP contribution in [-0.4, -0.2) is 28.0 Å². The molecule has 1 aliphatic rings. The molecule has 1 fully saturated rings. The number of nitro groups is 1. The van der Waals surface area contributed by atoms with Crippen molar-refractivity contribution in [2.45, 2.75) is 31.7 Å². The molecule has 30 heavy (non-hydrogen) atoms. The maximum absolute atomic E-state index is 12.1. The molecule has 4 rings (SSSR count). The molecule has 0 saturated carbocycles. The van der Waals surface area contributed by atoms with Crippen LogP contribution in [0.25, 0.3) is 0 Å². The monoisotopic (exact) mass is 403 g/mol. The summed E-state index contributed by atoms with van der Waals surface area (Å²) in [5, 5.41) is 15.4. The fourth-order valence-electron chi connectivity index (χ4n) is 3.94. The third-order valence-electron chi connectivity index (χ3n) is 5.44. The molecule has 0 spiro atoms. The van der Waals surface area contributed by atoms with Gasteiger partial charge in [0.25, 0.3) is 0 Å². The molecule has 7 nitrogen and oxygen atoms in total. The van der Waals surface area contributed by atoms with E-state index >= 15 is 0 Å². The summed E-state index contributed by atoms with van der Waals surface area (Å²) in [7, 11) is 0. The number of aromatic nitrogens is 2. The molecule has 0 radical (unpaired) electrons. The Labute approximate surface area is 175 Å². The summed E-state index contributed by atoms with van der Waals surface area (Å²) >= 11 is 0. The summed E-state index contributed by atoms with van der Waals surface area (Å²) in [6.07, 6.45) is 5.74. The van der Waals surface area contributed by atoms with Crippen molar-refractivity contribution in [3.63, 3.8) is 0 Å². The second-order valence-corrected chi connectivity index (χ2v) is 7.45. The first kappa shape index (κ1) is 19.8. The van der Waals surface area contributed by atoms with Gasteiger partial charge in [-0.1, -0.05) is 73.5 Å². The van der Waals surface area contributed by atoms with Gasteiger partial charge >= 0.3 is 5.69 Å². The van der Waals surface area contributed by atoms with Gasteiger partial charge in [-0.3, -0.25) is 10.1 Å². The lowest BCUT2D eigenvalue weighted by molar-refractivity contribution is -0.383. The summed E-state index contributed by atoms with van der Waals surface area (Å²) in [6, 6.07) is 19.5. The van der Waals surface area contributed by atoms with Gasteiger partial charge in [-0.25, -0.2) is 9.97 Å². The molecule has 0 unspecified atom stereocenters. The van der Waals surface area contributed by atoms with Gasteiger partial charge in [-0.15, -0.1) is 0 Å². The van der Waals surface area contributed by atoms with E-state index in [0.717, 1.165) is 49.9 Å². The zero-order valence-corrected chi connectivity index (χ0v) is 16.8. The summed E-state index contributed by atoms with van der Waals surface area (Å²) in [6.45, 7) is 1.55. The van der Waals surface area contributed by atoms with Gasteiger partial charge in [0.15, 0.2) is 0 Å². The van der Waals surface area contributed by atoms with Gasteiger partial charge in [-0.2, -0.15) is 0 Å². The van der Waals surface area contributed by atoms with Crippen LogP contribution in [0.5, 0.6) is 0 Å². The molecule has 0 amide bonds. The molecule has 2 heterocycles. The number of hydrogen-bond acceptors (Lipinski definition) is 6. The van der Waals surface area contributed by atoms with Gasteiger partial charge < -0.3 is 10.2 Å². The van der Waals surface area contributed by atoms with Gasteiger partial charge in [0.2, 0.25) is 11.6 Å². The Morgan fingerprint density at radius 3 is 1.97 bits per heavy atom. The summed E-state index contributed by atoms with van der Waals surface area (Å²) in [4.78, 5) is 22.3. The number of nitrogens with zero attached hydrogens (tertiary/aromatic N) is 4. The Kier molecular flexibility index (Phi) is 6.17. The number of anilines is 2. The summed E-state index contributed by atoms with van der Waals surface area (Å²) in [5.74, 6) is 0.645. The largest absolute Gasteiger partial charge is 0.353 e. The van der Waals surface area contributed by atoms with Crippen molar-refractivity contribution >= 4 is 17.3 Å². The molecule has 1 aromatic heterocycles. The van der Waals surface area contributed by atoms with Crippen LogP contribution in [-0.2, 0) is 0 Å². The zero-order chi connectivity index (χ0) is 20.8. The van der Waals surface area contributed by atoms with E-state index in [1.807, 2.05) is 65.6 Å². The van der Waals surface area contributed by atoms with E-state index < -0.39 is 0 Å². The predicted octanol–water partition coefficient (Wildman–Crippen LogP) is 4.97. The van der Waals surface area contributed by atoms with Crippen LogP contribution in [0.2, 0.25) is 0 Å². The van der Waals surface area contributed by atoms with E-state index in [1.165, 1.54) is 6.33 Å². The smallest absolute Gasteiger partial charge is 0.353 e. The maximum Gasteiger partial charge on any atom is 0.353 e. The first-order chi connectivity index (χ1) is 14.7. The van der Waals surface area contributed by atoms with Crippen molar-refractivity contribution in [3.05, 3.63) is 88.2 Å². The highest BCUT2D eigenvalue weighted by atomic mass is 16.6. The Morgan fingerprint density at radius 2 is 1.43 bits per heavy atom. The second kappa shape index (κ2) is 9.35. The average Bonchev–Trinajstić information content (AvgIpc) is 3.08. The molecule has 3 aromatic rings. The average molecular weight is 403 g/mol. The fourth-order valence-corrected chi connectivity index (χ4v) is 3.94. The lowest BCUT2D eigenvalue weighted by atomic mass is 9.98. The molecular formula is C23H25N5O2. The maximum atomic E-state index is 12.1. The van der Waals surface area contributed by atoms with Crippen LogP contribution < -0.4 is 10.2 Å². The lowest BCUT2D eigenvalue weighted by Crippen LogP contribution is -2.26. The second-order valence-electron chi connectivity index (χ2n) is 7.45. The molecule has 1 saturated heterocycles. The first-order valence-electron chi connectivity index (χ1n) is 10.3. The fraction of sp³-hybridized carbons (Fsp3) is 0.304. The van der Waals surface area contributed by atoms with Crippen molar-refractivity contribution in [2.75, 3.05) is 23.3 Å². The molecule has 0 bridgehead atoms. The van der Waals surface area contributed by atoms with Crippen molar-refractivity contribution in [1.29, 1.82) is 0 Å². The van der Waals surface area contributed by atoms with E-state index in [9.17, 15) is 10.1 Å². The van der Waals surface area contributed by atoms with Gasteiger partial charge in [0, 0.05) is 13.1 Å². The number of benzene rings is 2. The molecule has 0 atom stereocenters. The van der Waals surface area contributed by atoms with E-state index in [2.05, 4.69) is 15.3 Å². The number of hydrogen-bond donors (Lipinski definition) is 1. The lowest BCUT2D eigenvalue weighted by Gasteiger charge is -2.24. The summed E-state index contributed by atoms with van der Waals surface area (Å²) < 4.78 is 0.